The van der Waals surface area contributed by atoms with Crippen LogP contribution in [0.5, 0.6) is 0 Å². The number of hydrogen-bond acceptors (Lipinski definition) is 1. The van der Waals surface area contributed by atoms with Crippen molar-refractivity contribution < 1.29 is 0 Å². The van der Waals surface area contributed by atoms with E-state index in [-0.39, 0.29) is 5.41 Å². The maximum Gasteiger partial charge on any atom is 0.0463 e. The highest BCUT2D eigenvalue weighted by molar-refractivity contribution is 5.85. The van der Waals surface area contributed by atoms with Crippen LogP contribution in [0.3, 0.4) is 0 Å². The van der Waals surface area contributed by atoms with E-state index in [2.05, 4.69) is 117 Å². The lowest BCUT2D eigenvalue weighted by atomic mass is 9.82. The molecule has 0 fully saturated rings. The molecular weight excluding hydrogens is 350 g/mol. The van der Waals surface area contributed by atoms with Gasteiger partial charge in [-0.2, -0.15) is 0 Å². The summed E-state index contributed by atoms with van der Waals surface area (Å²) in [6.07, 6.45) is 0. The zero-order valence-electron chi connectivity index (χ0n) is 17.2. The van der Waals surface area contributed by atoms with Gasteiger partial charge in [0.05, 0.1) is 0 Å². The van der Waals surface area contributed by atoms with Crippen LogP contribution in [0.25, 0.3) is 22.3 Å². The van der Waals surface area contributed by atoms with Crippen LogP contribution >= 0.6 is 0 Å². The fraction of sp³-hybridized carbons (Fsp3) is 0.143. The Labute approximate surface area is 173 Å². The number of hydrogen-bond donors (Lipinski definition) is 1. The van der Waals surface area contributed by atoms with Crippen LogP contribution in [0.1, 0.15) is 30.5 Å². The third kappa shape index (κ3) is 2.94. The molecule has 0 radical (unpaired) electrons. The summed E-state index contributed by atoms with van der Waals surface area (Å²) in [5.41, 5.74) is 11.6. The summed E-state index contributed by atoms with van der Waals surface area (Å²) >= 11 is 0. The van der Waals surface area contributed by atoms with Crippen molar-refractivity contribution in [2.24, 2.45) is 0 Å². The summed E-state index contributed by atoms with van der Waals surface area (Å²) in [6.45, 7) is 6.84. The lowest BCUT2D eigenvalue weighted by Gasteiger charge is -2.22. The summed E-state index contributed by atoms with van der Waals surface area (Å²) in [4.78, 5) is 0. The molecule has 1 heteroatoms. The summed E-state index contributed by atoms with van der Waals surface area (Å²) in [6, 6.07) is 32.7. The molecule has 1 aliphatic carbocycles. The molecule has 142 valence electrons. The van der Waals surface area contributed by atoms with E-state index in [1.807, 2.05) is 0 Å². The Bertz CT molecular complexity index is 1200. The van der Waals surface area contributed by atoms with Crippen LogP contribution in [0.2, 0.25) is 0 Å². The third-order valence-corrected chi connectivity index (χ3v) is 6.12. The number of aryl methyl sites for hydroxylation is 1. The lowest BCUT2D eigenvalue weighted by molar-refractivity contribution is 0.660. The molecule has 29 heavy (non-hydrogen) atoms. The summed E-state index contributed by atoms with van der Waals surface area (Å²) in [5, 5.41) is 3.68. The average molecular weight is 376 g/mol. The number of fused-ring (bicyclic) bond motifs is 3. The topological polar surface area (TPSA) is 12.0 Å². The van der Waals surface area contributed by atoms with E-state index in [1.165, 1.54) is 38.9 Å². The molecule has 4 aromatic carbocycles. The van der Waals surface area contributed by atoms with Gasteiger partial charge in [-0.05, 0) is 52.9 Å². The van der Waals surface area contributed by atoms with E-state index in [0.717, 1.165) is 11.4 Å². The van der Waals surface area contributed by atoms with Gasteiger partial charge in [0.2, 0.25) is 0 Å². The van der Waals surface area contributed by atoms with E-state index < -0.39 is 0 Å². The number of benzene rings is 4. The van der Waals surface area contributed by atoms with Crippen molar-refractivity contribution in [3.8, 4) is 22.3 Å². The maximum atomic E-state index is 3.68. The molecule has 1 aliphatic rings. The summed E-state index contributed by atoms with van der Waals surface area (Å²) < 4.78 is 0. The van der Waals surface area contributed by atoms with Crippen LogP contribution < -0.4 is 5.32 Å². The molecule has 0 unspecified atom stereocenters. The van der Waals surface area contributed by atoms with Gasteiger partial charge in [-0.1, -0.05) is 92.2 Å². The molecule has 1 nitrogen and oxygen atoms in total. The minimum atomic E-state index is 0.00727. The molecule has 0 heterocycles. The van der Waals surface area contributed by atoms with Crippen molar-refractivity contribution in [3.63, 3.8) is 0 Å². The Morgan fingerprint density at radius 3 is 2.07 bits per heavy atom. The predicted octanol–water partition coefficient (Wildman–Crippen LogP) is 7.71. The zero-order valence-corrected chi connectivity index (χ0v) is 17.2. The fourth-order valence-corrected chi connectivity index (χ4v) is 4.55. The Kier molecular flexibility index (Phi) is 4.06. The minimum absolute atomic E-state index is 0.00727. The summed E-state index contributed by atoms with van der Waals surface area (Å²) in [7, 11) is 0. The summed E-state index contributed by atoms with van der Waals surface area (Å²) in [5.74, 6) is 0. The smallest absolute Gasteiger partial charge is 0.0463 e. The first-order chi connectivity index (χ1) is 14.0. The second-order valence-electron chi connectivity index (χ2n) is 8.47. The van der Waals surface area contributed by atoms with Gasteiger partial charge in [0.1, 0.15) is 0 Å². The van der Waals surface area contributed by atoms with Crippen molar-refractivity contribution in [1.82, 2.24) is 0 Å². The van der Waals surface area contributed by atoms with Gasteiger partial charge in [-0.15, -0.1) is 0 Å². The van der Waals surface area contributed by atoms with Gasteiger partial charge in [-0.3, -0.25) is 0 Å². The second-order valence-corrected chi connectivity index (χ2v) is 8.47. The Morgan fingerprint density at radius 1 is 0.621 bits per heavy atom. The molecular formula is C28H25N. The number of rotatable bonds is 3. The van der Waals surface area contributed by atoms with Gasteiger partial charge in [-0.25, -0.2) is 0 Å². The van der Waals surface area contributed by atoms with E-state index in [0.29, 0.717) is 0 Å². The second kappa shape index (κ2) is 6.63. The van der Waals surface area contributed by atoms with Crippen LogP contribution in [0, 0.1) is 6.92 Å². The van der Waals surface area contributed by atoms with E-state index >= 15 is 0 Å². The molecule has 0 amide bonds. The minimum Gasteiger partial charge on any atom is -0.355 e. The van der Waals surface area contributed by atoms with Crippen molar-refractivity contribution in [1.29, 1.82) is 0 Å². The first kappa shape index (κ1) is 17.8. The number of anilines is 2. The van der Waals surface area contributed by atoms with Gasteiger partial charge >= 0.3 is 0 Å². The van der Waals surface area contributed by atoms with Crippen molar-refractivity contribution >= 4 is 11.4 Å². The fourth-order valence-electron chi connectivity index (χ4n) is 4.55. The molecule has 0 saturated carbocycles. The number of nitrogens with one attached hydrogen (secondary N) is 1. The molecule has 0 bridgehead atoms. The highest BCUT2D eigenvalue weighted by Gasteiger charge is 2.35. The van der Waals surface area contributed by atoms with Gasteiger partial charge in [0.15, 0.2) is 0 Å². The SMILES string of the molecule is Cc1ccc2c(c1)C(C)(C)c1cc(Nc3ccccc3-c3ccccc3)ccc1-2. The molecule has 0 atom stereocenters. The third-order valence-electron chi connectivity index (χ3n) is 6.12. The van der Waals surface area contributed by atoms with E-state index in [9.17, 15) is 0 Å². The Balaban J connectivity index is 1.56. The maximum absolute atomic E-state index is 3.68. The zero-order chi connectivity index (χ0) is 20.0. The lowest BCUT2D eigenvalue weighted by Crippen LogP contribution is -2.15. The Hall–Kier alpha value is -3.32. The Morgan fingerprint density at radius 2 is 1.28 bits per heavy atom. The van der Waals surface area contributed by atoms with Gasteiger partial charge in [0, 0.05) is 22.4 Å². The molecule has 0 aromatic heterocycles. The normalized spacial score (nSPS) is 13.6. The van der Waals surface area contributed by atoms with E-state index in [4.69, 9.17) is 0 Å². The average Bonchev–Trinajstić information content (AvgIpc) is 2.96. The van der Waals surface area contributed by atoms with Crippen molar-refractivity contribution in [2.45, 2.75) is 26.2 Å². The highest BCUT2D eigenvalue weighted by Crippen LogP contribution is 2.49. The van der Waals surface area contributed by atoms with Gasteiger partial charge in [0.25, 0.3) is 0 Å². The monoisotopic (exact) mass is 375 g/mol. The molecule has 4 aromatic rings. The predicted molar refractivity (Wildman–Crippen MR) is 124 cm³/mol. The standard InChI is InChI=1S/C28H25N/c1-19-13-15-23-24-16-14-21(18-26(24)28(2,3)25(23)17-19)29-27-12-8-7-11-22(27)20-9-5-4-6-10-20/h4-18,29H,1-3H3. The molecule has 0 saturated heterocycles. The molecule has 0 spiro atoms. The van der Waals surface area contributed by atoms with Crippen LogP contribution in [-0.4, -0.2) is 0 Å². The first-order valence-electron chi connectivity index (χ1n) is 10.2. The van der Waals surface area contributed by atoms with Crippen LogP contribution in [-0.2, 0) is 5.41 Å². The number of para-hydroxylation sites is 1. The van der Waals surface area contributed by atoms with Gasteiger partial charge < -0.3 is 5.32 Å². The van der Waals surface area contributed by atoms with E-state index in [1.54, 1.807) is 0 Å². The molecule has 1 N–H and O–H groups in total. The molecule has 0 aliphatic heterocycles. The largest absolute Gasteiger partial charge is 0.355 e. The van der Waals surface area contributed by atoms with Crippen molar-refractivity contribution in [3.05, 3.63) is 108 Å². The molecule has 5 rings (SSSR count). The quantitative estimate of drug-likeness (QED) is 0.386. The first-order valence-corrected chi connectivity index (χ1v) is 10.2. The van der Waals surface area contributed by atoms with Crippen LogP contribution in [0.4, 0.5) is 11.4 Å². The van der Waals surface area contributed by atoms with Crippen LogP contribution in [0.15, 0.2) is 91.0 Å². The van der Waals surface area contributed by atoms with Crippen molar-refractivity contribution in [2.75, 3.05) is 5.32 Å². The highest BCUT2D eigenvalue weighted by atomic mass is 14.9.